The van der Waals surface area contributed by atoms with Crippen LogP contribution in [0.15, 0.2) is 65.1 Å². The lowest BCUT2D eigenvalue weighted by atomic mass is 10.2. The molecule has 6 nitrogen and oxygen atoms in total. The molecule has 3 aromatic rings. The smallest absolute Gasteiger partial charge is 0.194 e. The van der Waals surface area contributed by atoms with Crippen molar-refractivity contribution in [2.45, 2.75) is 6.54 Å². The van der Waals surface area contributed by atoms with Crippen molar-refractivity contribution in [3.63, 3.8) is 0 Å². The van der Waals surface area contributed by atoms with Crippen LogP contribution in [0, 0.1) is 0 Å². The standard InChI is InChI=1S/C21H24N6S.HI/c1-22-21(27-13-11-26(12-14-27)19-9-5-6-10-23-19)24-15-18-16-28-20(25-18)17-7-3-2-4-8-17;/h2-10,16H,11-15H2,1H3,(H,22,24);1H. The van der Waals surface area contributed by atoms with Crippen LogP contribution < -0.4 is 10.2 Å². The molecule has 2 aromatic heterocycles. The van der Waals surface area contributed by atoms with Crippen LogP contribution in [0.3, 0.4) is 0 Å². The van der Waals surface area contributed by atoms with Crippen LogP contribution in [0.4, 0.5) is 5.82 Å². The van der Waals surface area contributed by atoms with Crippen molar-refractivity contribution in [1.29, 1.82) is 0 Å². The highest BCUT2D eigenvalue weighted by molar-refractivity contribution is 14.0. The monoisotopic (exact) mass is 520 g/mol. The predicted octanol–water partition coefficient (Wildman–Crippen LogP) is 3.72. The number of guanidine groups is 1. The first kappa shape index (κ1) is 21.5. The normalized spacial score (nSPS) is 14.4. The molecule has 1 aliphatic heterocycles. The van der Waals surface area contributed by atoms with E-state index in [1.807, 2.05) is 43.6 Å². The van der Waals surface area contributed by atoms with Gasteiger partial charge in [-0.15, -0.1) is 35.3 Å². The minimum atomic E-state index is 0. The molecule has 1 N–H and O–H groups in total. The molecule has 1 fully saturated rings. The lowest BCUT2D eigenvalue weighted by Gasteiger charge is -2.37. The molecular weight excluding hydrogens is 495 g/mol. The molecule has 0 unspecified atom stereocenters. The van der Waals surface area contributed by atoms with Gasteiger partial charge in [-0.1, -0.05) is 36.4 Å². The highest BCUT2D eigenvalue weighted by Crippen LogP contribution is 2.23. The number of thiazole rings is 1. The zero-order valence-corrected chi connectivity index (χ0v) is 19.5. The molecular formula is C21H25IN6S. The Kier molecular flexibility index (Phi) is 7.82. The number of rotatable bonds is 4. The second kappa shape index (κ2) is 10.5. The highest BCUT2D eigenvalue weighted by atomic mass is 127. The molecule has 8 heteroatoms. The first-order valence-corrected chi connectivity index (χ1v) is 10.3. The van der Waals surface area contributed by atoms with E-state index in [1.54, 1.807) is 11.3 Å². The summed E-state index contributed by atoms with van der Waals surface area (Å²) in [5, 5.41) is 6.63. The lowest BCUT2D eigenvalue weighted by Crippen LogP contribution is -2.52. The Balaban J connectivity index is 0.00000240. The van der Waals surface area contributed by atoms with E-state index in [4.69, 9.17) is 4.98 Å². The number of nitrogens with zero attached hydrogens (tertiary/aromatic N) is 5. The number of aliphatic imine (C=N–C) groups is 1. The average Bonchev–Trinajstić information content (AvgIpc) is 3.25. The van der Waals surface area contributed by atoms with Crippen molar-refractivity contribution in [1.82, 2.24) is 20.2 Å². The van der Waals surface area contributed by atoms with Crippen LogP contribution in [0.2, 0.25) is 0 Å². The number of nitrogens with one attached hydrogen (secondary N) is 1. The summed E-state index contributed by atoms with van der Waals surface area (Å²) < 4.78 is 0. The van der Waals surface area contributed by atoms with E-state index >= 15 is 0 Å². The summed E-state index contributed by atoms with van der Waals surface area (Å²) in [5.41, 5.74) is 2.20. The van der Waals surface area contributed by atoms with Gasteiger partial charge in [0.05, 0.1) is 12.2 Å². The highest BCUT2D eigenvalue weighted by Gasteiger charge is 2.20. The van der Waals surface area contributed by atoms with E-state index < -0.39 is 0 Å². The number of piperazine rings is 1. The summed E-state index contributed by atoms with van der Waals surface area (Å²) >= 11 is 1.68. The van der Waals surface area contributed by atoms with Crippen molar-refractivity contribution in [3.8, 4) is 10.6 Å². The number of aromatic nitrogens is 2. The molecule has 4 rings (SSSR count). The summed E-state index contributed by atoms with van der Waals surface area (Å²) in [6.45, 7) is 4.39. The summed E-state index contributed by atoms with van der Waals surface area (Å²) in [6, 6.07) is 16.3. The Bertz CT molecular complexity index is 907. The van der Waals surface area contributed by atoms with Crippen LogP contribution in [0.1, 0.15) is 5.69 Å². The number of halogens is 1. The fraction of sp³-hybridized carbons (Fsp3) is 0.286. The third kappa shape index (κ3) is 5.45. The lowest BCUT2D eigenvalue weighted by molar-refractivity contribution is 0.371. The molecule has 0 radical (unpaired) electrons. The molecule has 3 heterocycles. The second-order valence-electron chi connectivity index (χ2n) is 6.57. The van der Waals surface area contributed by atoms with Gasteiger partial charge in [0, 0.05) is 50.4 Å². The van der Waals surface area contributed by atoms with E-state index in [9.17, 15) is 0 Å². The number of anilines is 1. The van der Waals surface area contributed by atoms with Crippen molar-refractivity contribution in [2.75, 3.05) is 38.1 Å². The first-order valence-electron chi connectivity index (χ1n) is 9.45. The molecule has 1 aliphatic rings. The van der Waals surface area contributed by atoms with Gasteiger partial charge in [0.15, 0.2) is 5.96 Å². The van der Waals surface area contributed by atoms with Gasteiger partial charge in [-0.05, 0) is 12.1 Å². The Morgan fingerprint density at radius 2 is 1.83 bits per heavy atom. The minimum Gasteiger partial charge on any atom is -0.353 e. The third-order valence-electron chi connectivity index (χ3n) is 4.76. The van der Waals surface area contributed by atoms with Gasteiger partial charge in [-0.2, -0.15) is 0 Å². The maximum Gasteiger partial charge on any atom is 0.194 e. The second-order valence-corrected chi connectivity index (χ2v) is 7.43. The van der Waals surface area contributed by atoms with Gasteiger partial charge in [0.2, 0.25) is 0 Å². The molecule has 0 amide bonds. The molecule has 0 aliphatic carbocycles. The fourth-order valence-electron chi connectivity index (χ4n) is 3.29. The number of hydrogen-bond acceptors (Lipinski definition) is 5. The molecule has 0 spiro atoms. The molecule has 29 heavy (non-hydrogen) atoms. The maximum atomic E-state index is 4.75. The Hall–Kier alpha value is -2.20. The van der Waals surface area contributed by atoms with Crippen LogP contribution in [0.5, 0.6) is 0 Å². The number of pyridine rings is 1. The van der Waals surface area contributed by atoms with Crippen molar-refractivity contribution in [2.24, 2.45) is 4.99 Å². The Morgan fingerprint density at radius 3 is 2.52 bits per heavy atom. The maximum absolute atomic E-state index is 4.75. The van der Waals surface area contributed by atoms with Gasteiger partial charge in [-0.25, -0.2) is 9.97 Å². The van der Waals surface area contributed by atoms with Crippen molar-refractivity contribution in [3.05, 3.63) is 65.8 Å². The zero-order valence-electron chi connectivity index (χ0n) is 16.4. The fourth-order valence-corrected chi connectivity index (χ4v) is 4.12. The number of benzene rings is 1. The minimum absolute atomic E-state index is 0. The molecule has 0 bridgehead atoms. The van der Waals surface area contributed by atoms with E-state index in [0.717, 1.165) is 54.2 Å². The first-order chi connectivity index (χ1) is 13.8. The summed E-state index contributed by atoms with van der Waals surface area (Å²) in [4.78, 5) is 18.3. The number of hydrogen-bond donors (Lipinski definition) is 1. The molecule has 0 atom stereocenters. The SMILES string of the molecule is CN=C(NCc1csc(-c2ccccc2)n1)N1CCN(c2ccccn2)CC1.I. The Labute approximate surface area is 192 Å². The molecule has 1 aromatic carbocycles. The van der Waals surface area contributed by atoms with E-state index in [2.05, 4.69) is 48.7 Å². The van der Waals surface area contributed by atoms with Crippen LogP contribution in [-0.2, 0) is 6.54 Å². The van der Waals surface area contributed by atoms with E-state index in [-0.39, 0.29) is 24.0 Å². The molecule has 152 valence electrons. The van der Waals surface area contributed by atoms with Gasteiger partial charge < -0.3 is 15.1 Å². The quantitative estimate of drug-likeness (QED) is 0.323. The van der Waals surface area contributed by atoms with E-state index in [0.29, 0.717) is 6.54 Å². The van der Waals surface area contributed by atoms with Crippen molar-refractivity contribution < 1.29 is 0 Å². The van der Waals surface area contributed by atoms with Crippen molar-refractivity contribution >= 4 is 47.1 Å². The largest absolute Gasteiger partial charge is 0.353 e. The zero-order chi connectivity index (χ0) is 19.2. The Morgan fingerprint density at radius 1 is 1.07 bits per heavy atom. The van der Waals surface area contributed by atoms with Crippen LogP contribution >= 0.6 is 35.3 Å². The molecule has 0 saturated carbocycles. The van der Waals surface area contributed by atoms with Gasteiger partial charge >= 0.3 is 0 Å². The van der Waals surface area contributed by atoms with Gasteiger partial charge in [0.25, 0.3) is 0 Å². The van der Waals surface area contributed by atoms with Gasteiger partial charge in [-0.3, -0.25) is 4.99 Å². The average molecular weight is 520 g/mol. The predicted molar refractivity (Wildman–Crippen MR) is 131 cm³/mol. The summed E-state index contributed by atoms with van der Waals surface area (Å²) in [6.07, 6.45) is 1.85. The topological polar surface area (TPSA) is 56.7 Å². The summed E-state index contributed by atoms with van der Waals surface area (Å²) in [7, 11) is 1.84. The van der Waals surface area contributed by atoms with Crippen LogP contribution in [0.25, 0.3) is 10.6 Å². The molecule has 1 saturated heterocycles. The summed E-state index contributed by atoms with van der Waals surface area (Å²) in [5.74, 6) is 1.97. The van der Waals surface area contributed by atoms with Crippen LogP contribution in [-0.4, -0.2) is 54.1 Å². The third-order valence-corrected chi connectivity index (χ3v) is 5.70. The van der Waals surface area contributed by atoms with E-state index in [1.165, 1.54) is 0 Å². The van der Waals surface area contributed by atoms with Gasteiger partial charge in [0.1, 0.15) is 10.8 Å².